The summed E-state index contributed by atoms with van der Waals surface area (Å²) in [5, 5.41) is 87.8. The zero-order valence-corrected chi connectivity index (χ0v) is 34.4. The lowest BCUT2D eigenvalue weighted by Crippen LogP contribution is -2.26. The number of anilines is 1. The molecule has 0 unspecified atom stereocenters. The molecule has 5 aromatic rings. The molecule has 0 amide bonds. The first kappa shape index (κ1) is 46.8. The Morgan fingerprint density at radius 1 is 0.800 bits per heavy atom. The van der Waals surface area contributed by atoms with E-state index in [1.165, 1.54) is 13.8 Å². The molecule has 0 saturated heterocycles. The SMILES string of the molecule is [C-]#[N+]c1c(CC)c(N=Nc2cc(C(=O)O)ccc2C(=O)O)c(=O)n(C(C)=Nc2nc(Cl)nc(NCCn3c(O)c(C#N)c(CC)c(N=Nc4cc(C(=O)O)ccc4C(=O)O)c3=O)n2)c1O. The van der Waals surface area contributed by atoms with E-state index in [9.17, 15) is 64.7 Å². The minimum Gasteiger partial charge on any atom is -0.502 e. The second-order valence-electron chi connectivity index (χ2n) is 13.0. The normalized spacial score (nSPS) is 11.4. The van der Waals surface area contributed by atoms with E-state index in [-0.39, 0.29) is 59.0 Å². The third-order valence-corrected chi connectivity index (χ3v) is 9.28. The molecule has 0 saturated carbocycles. The van der Waals surface area contributed by atoms with Gasteiger partial charge in [-0.3, -0.25) is 14.2 Å². The number of aromatic hydroxyl groups is 2. The molecule has 5 rings (SSSR count). The Hall–Kier alpha value is -9.23. The fourth-order valence-corrected chi connectivity index (χ4v) is 6.22. The molecule has 330 valence electrons. The van der Waals surface area contributed by atoms with Crippen molar-refractivity contribution in [3.63, 3.8) is 0 Å². The lowest BCUT2D eigenvalue weighted by Gasteiger charge is -2.15. The molecule has 0 aliphatic rings. The first-order valence-corrected chi connectivity index (χ1v) is 18.8. The number of azo groups is 2. The molecule has 0 bridgehead atoms. The number of nitrogens with zero attached hydrogens (tertiary/aromatic N) is 12. The number of pyridine rings is 2. The lowest BCUT2D eigenvalue weighted by molar-refractivity contribution is 0.0682. The molecule has 0 radical (unpaired) electrons. The standard InChI is InChI=1S/C39H30ClN13O12/c1-5-19-23(15-41)29(54)52(30(55)27(19)50-48-24-13-17(33(58)59)7-9-21(24)35(62)63)12-11-43-38-45-37(40)46-39(47-38)44-16(3)53-31(56)26(42-4)20(6-2)28(32(53)57)51-49-25-14-18(34(60)61)8-10-22(25)36(64)65/h7-10,13-14,54,56H,5-6,11-12H2,1-3H3,(H,58,59)(H,60,61)(H,62,63)(H,64,65)(H,43,45,46,47). The van der Waals surface area contributed by atoms with E-state index >= 15 is 0 Å². The van der Waals surface area contributed by atoms with Crippen LogP contribution in [-0.4, -0.2) is 91.0 Å². The van der Waals surface area contributed by atoms with Crippen molar-refractivity contribution < 1.29 is 49.8 Å². The summed E-state index contributed by atoms with van der Waals surface area (Å²) in [6.45, 7) is 11.3. The number of hydrogen-bond acceptors (Lipinski definition) is 18. The number of aliphatic imine (C=N–C) groups is 1. The summed E-state index contributed by atoms with van der Waals surface area (Å²) in [6.07, 6.45) is -0.0579. The summed E-state index contributed by atoms with van der Waals surface area (Å²) in [7, 11) is 0. The topological polar surface area (TPSA) is 374 Å². The summed E-state index contributed by atoms with van der Waals surface area (Å²) in [6, 6.07) is 7.70. The van der Waals surface area contributed by atoms with Gasteiger partial charge in [-0.1, -0.05) is 13.8 Å². The molecule has 65 heavy (non-hydrogen) atoms. The van der Waals surface area contributed by atoms with Crippen LogP contribution in [0.2, 0.25) is 5.28 Å². The molecule has 3 heterocycles. The van der Waals surface area contributed by atoms with Gasteiger partial charge in [0.25, 0.3) is 22.8 Å². The number of hydrogen-bond donors (Lipinski definition) is 7. The van der Waals surface area contributed by atoms with Crippen LogP contribution in [0.25, 0.3) is 4.85 Å². The van der Waals surface area contributed by atoms with Crippen molar-refractivity contribution in [3.05, 3.63) is 113 Å². The van der Waals surface area contributed by atoms with Gasteiger partial charge in [0.15, 0.2) is 5.69 Å². The molecule has 26 heteroatoms. The van der Waals surface area contributed by atoms with E-state index < -0.39 is 104 Å². The van der Waals surface area contributed by atoms with Crippen molar-refractivity contribution in [2.75, 3.05) is 11.9 Å². The summed E-state index contributed by atoms with van der Waals surface area (Å²) >= 11 is 6.14. The van der Waals surface area contributed by atoms with Crippen LogP contribution in [0.3, 0.4) is 0 Å². The smallest absolute Gasteiger partial charge is 0.337 e. The Bertz CT molecular complexity index is 3150. The van der Waals surface area contributed by atoms with E-state index in [4.69, 9.17) is 18.2 Å². The van der Waals surface area contributed by atoms with Gasteiger partial charge in [-0.25, -0.2) is 28.6 Å². The Morgan fingerprint density at radius 2 is 1.34 bits per heavy atom. The molecular formula is C39H30ClN13O12. The van der Waals surface area contributed by atoms with E-state index in [2.05, 4.69) is 50.6 Å². The van der Waals surface area contributed by atoms with Crippen LogP contribution in [-0.2, 0) is 19.4 Å². The number of carbonyl (C=O) groups is 4. The van der Waals surface area contributed by atoms with Crippen LogP contribution < -0.4 is 16.4 Å². The number of nitriles is 1. The number of carboxylic acid groups (broad SMARTS) is 4. The number of nitrogens with one attached hydrogen (secondary N) is 1. The van der Waals surface area contributed by atoms with Crippen LogP contribution >= 0.6 is 11.6 Å². The third-order valence-electron chi connectivity index (χ3n) is 9.11. The monoisotopic (exact) mass is 907 g/mol. The molecular weight excluding hydrogens is 878 g/mol. The predicted octanol–water partition coefficient (Wildman–Crippen LogP) is 6.14. The highest BCUT2D eigenvalue weighted by molar-refractivity contribution is 6.28. The zero-order chi connectivity index (χ0) is 47.9. The molecule has 0 atom stereocenters. The summed E-state index contributed by atoms with van der Waals surface area (Å²) in [5.41, 5.74) is -6.36. The highest BCUT2D eigenvalue weighted by Gasteiger charge is 2.25. The molecule has 3 aromatic heterocycles. The summed E-state index contributed by atoms with van der Waals surface area (Å²) in [4.78, 5) is 93.7. The average Bonchev–Trinajstić information content (AvgIpc) is 3.25. The van der Waals surface area contributed by atoms with Gasteiger partial charge in [0.1, 0.15) is 34.5 Å². The van der Waals surface area contributed by atoms with Gasteiger partial charge in [-0.15, -0.1) is 20.5 Å². The molecule has 0 aliphatic carbocycles. The maximum atomic E-state index is 13.9. The van der Waals surface area contributed by atoms with Gasteiger partial charge in [0.05, 0.1) is 28.8 Å². The van der Waals surface area contributed by atoms with Crippen molar-refractivity contribution in [1.29, 1.82) is 5.26 Å². The van der Waals surface area contributed by atoms with E-state index in [1.807, 2.05) is 0 Å². The Kier molecular flexibility index (Phi) is 14.2. The van der Waals surface area contributed by atoms with Crippen LogP contribution in [0.5, 0.6) is 11.8 Å². The lowest BCUT2D eigenvalue weighted by atomic mass is 10.1. The van der Waals surface area contributed by atoms with Gasteiger partial charge in [-0.2, -0.15) is 25.2 Å². The highest BCUT2D eigenvalue weighted by atomic mass is 35.5. The number of aromatic nitrogens is 5. The molecule has 2 aromatic carbocycles. The average molecular weight is 908 g/mol. The quantitative estimate of drug-likeness (QED) is 0.0268. The minimum atomic E-state index is -1.48. The number of aromatic carboxylic acids is 4. The van der Waals surface area contributed by atoms with Crippen molar-refractivity contribution in [3.8, 4) is 17.8 Å². The first-order valence-electron chi connectivity index (χ1n) is 18.4. The highest BCUT2D eigenvalue weighted by Crippen LogP contribution is 2.37. The first-order chi connectivity index (χ1) is 30.9. The van der Waals surface area contributed by atoms with Crippen LogP contribution in [0.4, 0.5) is 40.3 Å². The van der Waals surface area contributed by atoms with E-state index in [1.54, 1.807) is 13.0 Å². The molecule has 7 N–H and O–H groups in total. The Labute approximate surface area is 368 Å². The Balaban J connectivity index is 1.50. The van der Waals surface area contributed by atoms with E-state index in [0.29, 0.717) is 4.57 Å². The zero-order valence-electron chi connectivity index (χ0n) is 33.7. The third kappa shape index (κ3) is 9.80. The van der Waals surface area contributed by atoms with Crippen molar-refractivity contribution in [2.45, 2.75) is 40.2 Å². The second-order valence-corrected chi connectivity index (χ2v) is 13.3. The number of halogens is 1. The maximum Gasteiger partial charge on any atom is 0.337 e. The van der Waals surface area contributed by atoms with Crippen LogP contribution in [0.15, 0.2) is 71.4 Å². The van der Waals surface area contributed by atoms with Crippen molar-refractivity contribution in [2.24, 2.45) is 25.4 Å². The molecule has 0 spiro atoms. The number of benzene rings is 2. The Morgan fingerprint density at radius 3 is 1.82 bits per heavy atom. The van der Waals surface area contributed by atoms with Crippen molar-refractivity contribution in [1.82, 2.24) is 24.1 Å². The van der Waals surface area contributed by atoms with Crippen LogP contribution in [0.1, 0.15) is 78.9 Å². The van der Waals surface area contributed by atoms with Crippen molar-refractivity contribution >= 4 is 81.6 Å². The summed E-state index contributed by atoms with van der Waals surface area (Å²) in [5.74, 6) is -8.46. The van der Waals surface area contributed by atoms with E-state index in [0.717, 1.165) is 41.0 Å². The number of carboxylic acids is 4. The van der Waals surface area contributed by atoms with Crippen LogP contribution in [0, 0.1) is 17.9 Å². The number of rotatable bonds is 15. The fourth-order valence-electron chi connectivity index (χ4n) is 6.06. The predicted molar refractivity (Wildman–Crippen MR) is 225 cm³/mol. The van der Waals surface area contributed by atoms with Gasteiger partial charge < -0.3 is 36.0 Å². The fraction of sp³-hybridized carbons (Fsp3) is 0.179. The van der Waals surface area contributed by atoms with Gasteiger partial charge >= 0.3 is 23.9 Å². The van der Waals surface area contributed by atoms with Gasteiger partial charge in [-0.05, 0) is 73.3 Å². The van der Waals surface area contributed by atoms with Gasteiger partial charge in [0.2, 0.25) is 23.0 Å². The molecule has 25 nitrogen and oxygen atoms in total. The minimum absolute atomic E-state index is 0.0138. The molecule has 0 aliphatic heterocycles. The summed E-state index contributed by atoms with van der Waals surface area (Å²) < 4.78 is 1.32. The maximum absolute atomic E-state index is 13.9. The van der Waals surface area contributed by atoms with Gasteiger partial charge in [0, 0.05) is 18.7 Å². The second kappa shape index (κ2) is 19.6. The largest absolute Gasteiger partial charge is 0.502 e. The molecule has 0 fully saturated rings.